The van der Waals surface area contributed by atoms with Gasteiger partial charge in [0.2, 0.25) is 11.9 Å². The lowest BCUT2D eigenvalue weighted by molar-refractivity contribution is -0.132. The van der Waals surface area contributed by atoms with Gasteiger partial charge >= 0.3 is 0 Å². The number of fused-ring (bicyclic) bond motifs is 1. The number of hydrogen-bond donors (Lipinski definition) is 1. The zero-order valence-electron chi connectivity index (χ0n) is 11.7. The van der Waals surface area contributed by atoms with Crippen molar-refractivity contribution in [3.05, 3.63) is 18.2 Å². The number of aromatic nitrogens is 2. The number of carbonyl (C=O) groups is 1. The van der Waals surface area contributed by atoms with Crippen LogP contribution >= 0.6 is 0 Å². The van der Waals surface area contributed by atoms with Crippen LogP contribution < -0.4 is 10.5 Å². The number of hydrogen-bond acceptors (Lipinski definition) is 4. The van der Waals surface area contributed by atoms with Crippen molar-refractivity contribution < 1.29 is 9.53 Å². The highest BCUT2D eigenvalue weighted by Gasteiger charge is 2.26. The van der Waals surface area contributed by atoms with E-state index < -0.39 is 0 Å². The van der Waals surface area contributed by atoms with Crippen molar-refractivity contribution in [1.29, 1.82) is 0 Å². The van der Waals surface area contributed by atoms with Crippen molar-refractivity contribution in [3.8, 4) is 5.75 Å². The fourth-order valence-electron chi connectivity index (χ4n) is 2.80. The summed E-state index contributed by atoms with van der Waals surface area (Å²) in [6.07, 6.45) is 1.33. The van der Waals surface area contributed by atoms with Gasteiger partial charge in [-0.25, -0.2) is 4.98 Å². The van der Waals surface area contributed by atoms with Gasteiger partial charge in [-0.1, -0.05) is 0 Å². The quantitative estimate of drug-likeness (QED) is 0.899. The van der Waals surface area contributed by atoms with Gasteiger partial charge in [0.25, 0.3) is 0 Å². The minimum absolute atomic E-state index is 0.162. The third kappa shape index (κ3) is 1.97. The first-order valence-electron chi connectivity index (χ1n) is 6.65. The molecule has 0 saturated carbocycles. The Balaban J connectivity index is 2.06. The molecule has 1 atom stereocenters. The van der Waals surface area contributed by atoms with Gasteiger partial charge in [-0.2, -0.15) is 0 Å². The Labute approximate surface area is 117 Å². The molecule has 0 bridgehead atoms. The molecule has 2 heterocycles. The number of carbonyl (C=O) groups excluding carboxylic acids is 1. The number of methoxy groups -OCH3 is 1. The summed E-state index contributed by atoms with van der Waals surface area (Å²) >= 11 is 0. The number of imidazole rings is 1. The molecule has 6 nitrogen and oxygen atoms in total. The van der Waals surface area contributed by atoms with Gasteiger partial charge in [0.15, 0.2) is 0 Å². The van der Waals surface area contributed by atoms with Gasteiger partial charge in [-0.05, 0) is 18.6 Å². The maximum absolute atomic E-state index is 11.6. The Hall–Kier alpha value is -2.24. The Bertz CT molecular complexity index is 664. The van der Waals surface area contributed by atoms with E-state index >= 15 is 0 Å². The summed E-state index contributed by atoms with van der Waals surface area (Å²) in [5.41, 5.74) is 7.87. The van der Waals surface area contributed by atoms with Crippen LogP contribution in [0.5, 0.6) is 5.75 Å². The normalized spacial score (nSPS) is 19.6. The molecule has 2 N–H and O–H groups in total. The first kappa shape index (κ1) is 12.8. The topological polar surface area (TPSA) is 73.4 Å². The number of amides is 1. The molecule has 1 aromatic carbocycles. The summed E-state index contributed by atoms with van der Waals surface area (Å²) in [4.78, 5) is 17.7. The predicted octanol–water partition coefficient (Wildman–Crippen LogP) is 1.42. The van der Waals surface area contributed by atoms with Crippen molar-refractivity contribution >= 4 is 22.9 Å². The highest BCUT2D eigenvalue weighted by atomic mass is 16.5. The highest BCUT2D eigenvalue weighted by molar-refractivity contribution is 5.81. The fourth-order valence-corrected chi connectivity index (χ4v) is 2.80. The molecule has 1 saturated heterocycles. The van der Waals surface area contributed by atoms with Gasteiger partial charge in [0.1, 0.15) is 5.75 Å². The maximum Gasteiger partial charge on any atom is 0.222 e. The smallest absolute Gasteiger partial charge is 0.222 e. The van der Waals surface area contributed by atoms with E-state index in [9.17, 15) is 4.79 Å². The summed E-state index contributed by atoms with van der Waals surface area (Å²) in [5, 5.41) is 0. The highest BCUT2D eigenvalue weighted by Crippen LogP contribution is 2.30. The maximum atomic E-state index is 11.6. The standard InChI is InChI=1S/C14H18N4O2/c1-17-8-9(3-6-13(17)19)18-12-7-10(20-2)4-5-11(12)16-14(18)15/h4-5,7,9H,3,6,8H2,1-2H3,(H2,15,16). The minimum atomic E-state index is 0.162. The number of nitrogens with two attached hydrogens (primary N) is 1. The third-order valence-corrected chi connectivity index (χ3v) is 3.89. The summed E-state index contributed by atoms with van der Waals surface area (Å²) in [6, 6.07) is 5.87. The molecule has 20 heavy (non-hydrogen) atoms. The fraction of sp³-hybridized carbons (Fsp3) is 0.429. The molecule has 1 fully saturated rings. The van der Waals surface area contributed by atoms with Crippen LogP contribution in [0, 0.1) is 0 Å². The molecule has 1 aliphatic rings. The third-order valence-electron chi connectivity index (χ3n) is 3.89. The molecule has 1 aromatic heterocycles. The van der Waals surface area contributed by atoms with E-state index in [0.717, 1.165) is 23.2 Å². The number of likely N-dealkylation sites (N-methyl/N-ethyl adjacent to an activating group) is 1. The number of anilines is 1. The van der Waals surface area contributed by atoms with Crippen LogP contribution in [0.25, 0.3) is 11.0 Å². The van der Waals surface area contributed by atoms with Gasteiger partial charge in [0.05, 0.1) is 24.2 Å². The molecule has 3 rings (SSSR count). The van der Waals surface area contributed by atoms with Gasteiger partial charge in [-0.3, -0.25) is 4.79 Å². The van der Waals surface area contributed by atoms with Crippen molar-refractivity contribution in [3.63, 3.8) is 0 Å². The van der Waals surface area contributed by atoms with Crippen LogP contribution in [0.1, 0.15) is 18.9 Å². The van der Waals surface area contributed by atoms with Crippen molar-refractivity contribution in [1.82, 2.24) is 14.5 Å². The summed E-state index contributed by atoms with van der Waals surface area (Å²) in [6.45, 7) is 0.658. The van der Waals surface area contributed by atoms with Gasteiger partial charge in [0, 0.05) is 26.1 Å². The second-order valence-electron chi connectivity index (χ2n) is 5.16. The number of nitrogens with zero attached hydrogens (tertiary/aromatic N) is 3. The van der Waals surface area contributed by atoms with E-state index in [1.807, 2.05) is 29.8 Å². The van der Waals surface area contributed by atoms with Crippen LogP contribution in [-0.4, -0.2) is 41.1 Å². The molecule has 1 unspecified atom stereocenters. The molecule has 106 valence electrons. The Morgan fingerprint density at radius 1 is 1.45 bits per heavy atom. The van der Waals surface area contributed by atoms with Crippen LogP contribution in [0.4, 0.5) is 5.95 Å². The Morgan fingerprint density at radius 2 is 2.25 bits per heavy atom. The average molecular weight is 274 g/mol. The molecule has 0 radical (unpaired) electrons. The predicted molar refractivity (Wildman–Crippen MR) is 76.6 cm³/mol. The van der Waals surface area contributed by atoms with Crippen LogP contribution in [-0.2, 0) is 4.79 Å². The van der Waals surface area contributed by atoms with E-state index in [1.54, 1.807) is 12.0 Å². The lowest BCUT2D eigenvalue weighted by atomic mass is 10.1. The van der Waals surface area contributed by atoms with E-state index in [4.69, 9.17) is 10.5 Å². The first-order chi connectivity index (χ1) is 9.60. The second-order valence-corrected chi connectivity index (χ2v) is 5.16. The summed E-state index contributed by atoms with van der Waals surface area (Å²) < 4.78 is 7.28. The number of nitrogen functional groups attached to an aromatic ring is 1. The van der Waals surface area contributed by atoms with E-state index in [2.05, 4.69) is 4.98 Å². The summed E-state index contributed by atoms with van der Waals surface area (Å²) in [5.74, 6) is 1.45. The molecule has 1 amide bonds. The molecule has 0 spiro atoms. The average Bonchev–Trinajstić information content (AvgIpc) is 2.77. The molecule has 0 aliphatic carbocycles. The first-order valence-corrected chi connectivity index (χ1v) is 6.65. The molecule has 1 aliphatic heterocycles. The van der Waals surface area contributed by atoms with E-state index in [0.29, 0.717) is 18.9 Å². The van der Waals surface area contributed by atoms with Gasteiger partial charge < -0.3 is 19.9 Å². The molecular formula is C14H18N4O2. The van der Waals surface area contributed by atoms with E-state index in [-0.39, 0.29) is 11.9 Å². The number of rotatable bonds is 2. The lowest BCUT2D eigenvalue weighted by Crippen LogP contribution is -2.38. The van der Waals surface area contributed by atoms with Crippen molar-refractivity contribution in [2.45, 2.75) is 18.9 Å². The lowest BCUT2D eigenvalue weighted by Gasteiger charge is -2.31. The number of benzene rings is 1. The number of ether oxygens (including phenoxy) is 1. The van der Waals surface area contributed by atoms with Crippen molar-refractivity contribution in [2.75, 3.05) is 26.4 Å². The second kappa shape index (κ2) is 4.70. The Kier molecular flexibility index (Phi) is 3.00. The largest absolute Gasteiger partial charge is 0.497 e. The zero-order chi connectivity index (χ0) is 14.3. The zero-order valence-corrected chi connectivity index (χ0v) is 11.7. The van der Waals surface area contributed by atoms with Crippen LogP contribution in [0.15, 0.2) is 18.2 Å². The Morgan fingerprint density at radius 3 is 2.95 bits per heavy atom. The van der Waals surface area contributed by atoms with E-state index in [1.165, 1.54) is 0 Å². The van der Waals surface area contributed by atoms with Crippen molar-refractivity contribution in [2.24, 2.45) is 0 Å². The van der Waals surface area contributed by atoms with Crippen LogP contribution in [0.3, 0.4) is 0 Å². The monoisotopic (exact) mass is 274 g/mol. The minimum Gasteiger partial charge on any atom is -0.497 e. The SMILES string of the molecule is COc1ccc2nc(N)n(C3CCC(=O)N(C)C3)c2c1. The number of piperidine rings is 1. The summed E-state index contributed by atoms with van der Waals surface area (Å²) in [7, 11) is 3.46. The number of likely N-dealkylation sites (tertiary alicyclic amines) is 1. The van der Waals surface area contributed by atoms with Crippen LogP contribution in [0.2, 0.25) is 0 Å². The molecule has 6 heteroatoms. The molecule has 2 aromatic rings. The molecular weight excluding hydrogens is 256 g/mol. The van der Waals surface area contributed by atoms with Gasteiger partial charge in [-0.15, -0.1) is 0 Å².